The molecule has 6 nitrogen and oxygen atoms in total. The molecule has 7 heteroatoms. The van der Waals surface area contributed by atoms with Gasteiger partial charge < -0.3 is 5.32 Å². The molecular formula is C28H29N5OS. The fourth-order valence-corrected chi connectivity index (χ4v) is 5.49. The van der Waals surface area contributed by atoms with Crippen LogP contribution in [0.3, 0.4) is 0 Å². The molecule has 4 aromatic rings. The highest BCUT2D eigenvalue weighted by Crippen LogP contribution is 2.41. The molecule has 35 heavy (non-hydrogen) atoms. The first-order valence-corrected chi connectivity index (χ1v) is 12.8. The van der Waals surface area contributed by atoms with E-state index in [-0.39, 0.29) is 5.91 Å². The molecule has 0 spiro atoms. The predicted molar refractivity (Wildman–Crippen MR) is 143 cm³/mol. The minimum absolute atomic E-state index is 0.132. The lowest BCUT2D eigenvalue weighted by Gasteiger charge is -2.13. The first-order chi connectivity index (χ1) is 17.0. The molecule has 178 valence electrons. The third-order valence-electron chi connectivity index (χ3n) is 6.39. The highest BCUT2D eigenvalue weighted by molar-refractivity contribution is 7.19. The molecule has 5 rings (SSSR count). The Kier molecular flexibility index (Phi) is 6.59. The minimum Gasteiger partial charge on any atom is -0.367 e. The maximum absolute atomic E-state index is 13.2. The van der Waals surface area contributed by atoms with Gasteiger partial charge in [-0.05, 0) is 62.6 Å². The summed E-state index contributed by atoms with van der Waals surface area (Å²) < 4.78 is 0. The lowest BCUT2D eigenvalue weighted by Crippen LogP contribution is -2.26. The van der Waals surface area contributed by atoms with Crippen LogP contribution in [0.4, 0.5) is 10.9 Å². The van der Waals surface area contributed by atoms with Crippen molar-refractivity contribution in [2.45, 2.75) is 45.6 Å². The number of benzene rings is 1. The van der Waals surface area contributed by atoms with Gasteiger partial charge in [0.25, 0.3) is 5.91 Å². The van der Waals surface area contributed by atoms with Crippen LogP contribution < -0.4 is 10.2 Å². The minimum atomic E-state index is -0.132. The number of anilines is 2. The third-order valence-corrected chi connectivity index (χ3v) is 7.57. The van der Waals surface area contributed by atoms with Crippen LogP contribution in [-0.2, 0) is 0 Å². The molecular weight excluding hydrogens is 454 g/mol. The van der Waals surface area contributed by atoms with Crippen LogP contribution in [0.25, 0.3) is 21.7 Å². The fraction of sp³-hybridized carbons (Fsp3) is 0.286. The summed E-state index contributed by atoms with van der Waals surface area (Å²) in [5, 5.41) is 4.24. The van der Waals surface area contributed by atoms with E-state index in [2.05, 4.69) is 46.5 Å². The van der Waals surface area contributed by atoms with Crippen molar-refractivity contribution < 1.29 is 4.79 Å². The van der Waals surface area contributed by atoms with Crippen LogP contribution in [0, 0.1) is 13.8 Å². The Morgan fingerprint density at radius 3 is 2.60 bits per heavy atom. The molecule has 3 heterocycles. The number of thiazole rings is 1. The number of carbonyl (C=O) groups excluding carboxylic acids is 1. The number of hydrogen-bond acceptors (Lipinski definition) is 6. The molecule has 1 fully saturated rings. The summed E-state index contributed by atoms with van der Waals surface area (Å²) >= 11 is 1.52. The number of hydrogen-bond donors (Lipinski definition) is 1. The van der Waals surface area contributed by atoms with Crippen molar-refractivity contribution in [3.63, 3.8) is 0 Å². The monoisotopic (exact) mass is 483 g/mol. The van der Waals surface area contributed by atoms with Crippen LogP contribution in [-0.4, -0.2) is 33.9 Å². The Hall–Kier alpha value is -3.58. The van der Waals surface area contributed by atoms with Crippen LogP contribution in [0.1, 0.15) is 47.3 Å². The normalized spacial score (nSPS) is 13.7. The SMILES string of the molecule is Cc1cccc(-c2nc(N(C)C(=O)c3ccc(C)nc3)sc2-c2ccnc(NC3CCCC3)c2)c1. The topological polar surface area (TPSA) is 71.0 Å². The average Bonchev–Trinajstić information content (AvgIpc) is 3.54. The summed E-state index contributed by atoms with van der Waals surface area (Å²) in [6.07, 6.45) is 8.37. The van der Waals surface area contributed by atoms with E-state index in [1.807, 2.05) is 31.3 Å². The Morgan fingerprint density at radius 2 is 1.86 bits per heavy atom. The van der Waals surface area contributed by atoms with Gasteiger partial charge in [-0.3, -0.25) is 14.7 Å². The molecule has 1 aromatic carbocycles. The van der Waals surface area contributed by atoms with Crippen molar-refractivity contribution in [3.8, 4) is 21.7 Å². The molecule has 1 aliphatic rings. The summed E-state index contributed by atoms with van der Waals surface area (Å²) in [4.78, 5) is 29.6. The average molecular weight is 484 g/mol. The van der Waals surface area contributed by atoms with Gasteiger partial charge in [-0.2, -0.15) is 0 Å². The van der Waals surface area contributed by atoms with Crippen molar-refractivity contribution in [1.82, 2.24) is 15.0 Å². The van der Waals surface area contributed by atoms with Gasteiger partial charge >= 0.3 is 0 Å². The van der Waals surface area contributed by atoms with E-state index in [0.29, 0.717) is 16.7 Å². The molecule has 0 unspecified atom stereocenters. The van der Waals surface area contributed by atoms with Crippen LogP contribution >= 0.6 is 11.3 Å². The number of carbonyl (C=O) groups is 1. The lowest BCUT2D eigenvalue weighted by atomic mass is 10.1. The highest BCUT2D eigenvalue weighted by atomic mass is 32.1. The van der Waals surface area contributed by atoms with Gasteiger partial charge in [-0.25, -0.2) is 9.97 Å². The van der Waals surface area contributed by atoms with E-state index in [1.165, 1.54) is 37.0 Å². The van der Waals surface area contributed by atoms with Crippen LogP contribution in [0.2, 0.25) is 0 Å². The molecule has 0 bridgehead atoms. The number of pyridine rings is 2. The van der Waals surface area contributed by atoms with E-state index < -0.39 is 0 Å². The van der Waals surface area contributed by atoms with Crippen LogP contribution in [0.15, 0.2) is 60.9 Å². The van der Waals surface area contributed by atoms with Crippen molar-refractivity contribution in [2.75, 3.05) is 17.3 Å². The van der Waals surface area contributed by atoms with E-state index in [1.54, 1.807) is 24.2 Å². The highest BCUT2D eigenvalue weighted by Gasteiger charge is 2.22. The van der Waals surface area contributed by atoms with E-state index >= 15 is 0 Å². The molecule has 1 amide bonds. The number of aryl methyl sites for hydroxylation is 2. The predicted octanol–water partition coefficient (Wildman–Crippen LogP) is 6.52. The standard InChI is InChI=1S/C28H29N5OS/c1-18-7-6-8-20(15-18)25-26(21-13-14-29-24(16-21)31-23-9-4-5-10-23)35-28(32-25)33(3)27(34)22-12-11-19(2)30-17-22/h6-8,11-17,23H,4-5,9-10H2,1-3H3,(H,29,31). The van der Waals surface area contributed by atoms with Gasteiger partial charge in [0.05, 0.1) is 16.1 Å². The summed E-state index contributed by atoms with van der Waals surface area (Å²) in [6.45, 7) is 3.98. The van der Waals surface area contributed by atoms with Crippen molar-refractivity contribution >= 4 is 28.2 Å². The van der Waals surface area contributed by atoms with Gasteiger partial charge in [0, 0.05) is 36.7 Å². The quantitative estimate of drug-likeness (QED) is 0.338. The zero-order chi connectivity index (χ0) is 24.4. The Balaban J connectivity index is 1.53. The van der Waals surface area contributed by atoms with Gasteiger partial charge in [0.15, 0.2) is 5.13 Å². The maximum atomic E-state index is 13.2. The first-order valence-electron chi connectivity index (χ1n) is 12.0. The summed E-state index contributed by atoms with van der Waals surface area (Å²) in [7, 11) is 1.77. The second-order valence-electron chi connectivity index (χ2n) is 9.15. The number of rotatable bonds is 6. The molecule has 1 saturated carbocycles. The Morgan fingerprint density at radius 1 is 1.03 bits per heavy atom. The van der Waals surface area contributed by atoms with Gasteiger partial charge in [0.1, 0.15) is 5.82 Å². The number of nitrogens with zero attached hydrogens (tertiary/aromatic N) is 4. The van der Waals surface area contributed by atoms with Gasteiger partial charge in [-0.15, -0.1) is 0 Å². The van der Waals surface area contributed by atoms with E-state index in [0.717, 1.165) is 38.8 Å². The maximum Gasteiger partial charge on any atom is 0.261 e. The zero-order valence-corrected chi connectivity index (χ0v) is 21.1. The van der Waals surface area contributed by atoms with Crippen molar-refractivity contribution in [2.24, 2.45) is 0 Å². The van der Waals surface area contributed by atoms with E-state index in [4.69, 9.17) is 4.98 Å². The van der Waals surface area contributed by atoms with Crippen molar-refractivity contribution in [1.29, 1.82) is 0 Å². The second kappa shape index (κ2) is 9.96. The number of aromatic nitrogens is 3. The van der Waals surface area contributed by atoms with Gasteiger partial charge in [0.2, 0.25) is 0 Å². The Labute approximate surface area is 210 Å². The summed E-state index contributed by atoms with van der Waals surface area (Å²) in [5.74, 6) is 0.751. The number of amides is 1. The van der Waals surface area contributed by atoms with E-state index in [9.17, 15) is 4.79 Å². The zero-order valence-electron chi connectivity index (χ0n) is 20.3. The lowest BCUT2D eigenvalue weighted by molar-refractivity contribution is 0.0992. The Bertz CT molecular complexity index is 1340. The molecule has 1 aliphatic carbocycles. The summed E-state index contributed by atoms with van der Waals surface area (Å²) in [6, 6.07) is 16.6. The van der Waals surface area contributed by atoms with Crippen LogP contribution in [0.5, 0.6) is 0 Å². The molecule has 1 N–H and O–H groups in total. The van der Waals surface area contributed by atoms with Crippen molar-refractivity contribution in [3.05, 3.63) is 77.7 Å². The number of nitrogens with one attached hydrogen (secondary N) is 1. The smallest absolute Gasteiger partial charge is 0.261 e. The first kappa shape index (κ1) is 23.2. The third kappa shape index (κ3) is 5.10. The second-order valence-corrected chi connectivity index (χ2v) is 10.1. The summed E-state index contributed by atoms with van der Waals surface area (Å²) in [5.41, 5.74) is 5.52. The fourth-order valence-electron chi connectivity index (χ4n) is 4.44. The molecule has 0 atom stereocenters. The molecule has 3 aromatic heterocycles. The van der Waals surface area contributed by atoms with Gasteiger partial charge in [-0.1, -0.05) is 47.9 Å². The molecule has 0 saturated heterocycles. The molecule has 0 aliphatic heterocycles. The molecule has 0 radical (unpaired) electrons. The largest absolute Gasteiger partial charge is 0.367 e.